The van der Waals surface area contributed by atoms with E-state index >= 15 is 0 Å². The summed E-state index contributed by atoms with van der Waals surface area (Å²) >= 11 is 0. The van der Waals surface area contributed by atoms with Gasteiger partial charge in [0.1, 0.15) is 5.75 Å². The highest BCUT2D eigenvalue weighted by molar-refractivity contribution is 5.72. The van der Waals surface area contributed by atoms with Crippen molar-refractivity contribution in [2.24, 2.45) is 11.8 Å². The first kappa shape index (κ1) is 13.7. The van der Waals surface area contributed by atoms with Gasteiger partial charge >= 0.3 is 0 Å². The van der Waals surface area contributed by atoms with E-state index in [4.69, 9.17) is 4.74 Å². The fraction of sp³-hybridized carbons (Fsp3) is 0.400. The molecule has 0 radical (unpaired) electrons. The number of fused-ring (bicyclic) bond motifs is 2. The highest BCUT2D eigenvalue weighted by Gasteiger charge is 2.39. The molecule has 2 nitrogen and oxygen atoms in total. The molecule has 4 rings (SSSR count). The van der Waals surface area contributed by atoms with Crippen molar-refractivity contribution in [2.75, 3.05) is 12.4 Å². The van der Waals surface area contributed by atoms with Crippen LogP contribution in [0.1, 0.15) is 25.7 Å². The Labute approximate surface area is 132 Å². The van der Waals surface area contributed by atoms with Gasteiger partial charge in [0, 0.05) is 6.04 Å². The van der Waals surface area contributed by atoms with Crippen molar-refractivity contribution < 1.29 is 4.74 Å². The Morgan fingerprint density at radius 3 is 2.50 bits per heavy atom. The second-order valence-corrected chi connectivity index (χ2v) is 6.71. The molecule has 2 saturated carbocycles. The Bertz CT molecular complexity index is 652. The molecule has 22 heavy (non-hydrogen) atoms. The van der Waals surface area contributed by atoms with Crippen LogP contribution in [0.4, 0.5) is 5.69 Å². The quantitative estimate of drug-likeness (QED) is 0.860. The lowest BCUT2D eigenvalue weighted by Gasteiger charge is -2.25. The number of hydrogen-bond acceptors (Lipinski definition) is 2. The number of benzene rings is 2. The average molecular weight is 293 g/mol. The molecule has 0 aliphatic heterocycles. The molecule has 2 aliphatic carbocycles. The van der Waals surface area contributed by atoms with E-state index < -0.39 is 0 Å². The molecule has 1 N–H and O–H groups in total. The van der Waals surface area contributed by atoms with E-state index in [0.29, 0.717) is 6.04 Å². The zero-order valence-corrected chi connectivity index (χ0v) is 13.1. The summed E-state index contributed by atoms with van der Waals surface area (Å²) in [7, 11) is 1.75. The molecule has 114 valence electrons. The van der Waals surface area contributed by atoms with E-state index in [1.807, 2.05) is 0 Å². The monoisotopic (exact) mass is 293 g/mol. The van der Waals surface area contributed by atoms with Crippen molar-refractivity contribution >= 4 is 5.69 Å². The lowest BCUT2D eigenvalue weighted by molar-refractivity contribution is 0.410. The Kier molecular flexibility index (Phi) is 3.53. The van der Waals surface area contributed by atoms with Crippen LogP contribution < -0.4 is 10.1 Å². The average Bonchev–Trinajstić information content (AvgIpc) is 3.18. The van der Waals surface area contributed by atoms with Crippen molar-refractivity contribution in [3.63, 3.8) is 0 Å². The lowest BCUT2D eigenvalue weighted by atomic mass is 9.95. The molecule has 2 aromatic rings. The van der Waals surface area contributed by atoms with Crippen LogP contribution in [0.2, 0.25) is 0 Å². The number of hydrogen-bond donors (Lipinski definition) is 1. The highest BCUT2D eigenvalue weighted by Crippen LogP contribution is 2.46. The number of rotatable bonds is 4. The van der Waals surface area contributed by atoms with Gasteiger partial charge in [-0.3, -0.25) is 0 Å². The third-order valence-corrected chi connectivity index (χ3v) is 5.39. The van der Waals surface area contributed by atoms with Crippen LogP contribution in [0.5, 0.6) is 5.75 Å². The minimum absolute atomic E-state index is 0.624. The van der Waals surface area contributed by atoms with Crippen molar-refractivity contribution in [3.05, 3.63) is 48.5 Å². The van der Waals surface area contributed by atoms with E-state index in [9.17, 15) is 0 Å². The third-order valence-electron chi connectivity index (χ3n) is 5.39. The fourth-order valence-corrected chi connectivity index (χ4v) is 4.25. The van der Waals surface area contributed by atoms with Crippen molar-refractivity contribution in [3.8, 4) is 16.9 Å². The minimum Gasteiger partial charge on any atom is -0.495 e. The number of nitrogens with one attached hydrogen (secondary N) is 1. The van der Waals surface area contributed by atoms with Gasteiger partial charge in [-0.05, 0) is 54.4 Å². The molecule has 2 heteroatoms. The molecule has 0 aromatic heterocycles. The van der Waals surface area contributed by atoms with Gasteiger partial charge in [0.15, 0.2) is 0 Å². The van der Waals surface area contributed by atoms with Crippen molar-refractivity contribution in [1.29, 1.82) is 0 Å². The van der Waals surface area contributed by atoms with Gasteiger partial charge in [-0.1, -0.05) is 42.8 Å². The molecule has 0 unspecified atom stereocenters. The predicted octanol–water partition coefficient (Wildman–Crippen LogP) is 4.96. The summed E-state index contributed by atoms with van der Waals surface area (Å²) in [5.74, 6) is 2.75. The summed E-state index contributed by atoms with van der Waals surface area (Å²) in [6, 6.07) is 17.6. The van der Waals surface area contributed by atoms with E-state index in [-0.39, 0.29) is 0 Å². The molecule has 0 amide bonds. The largest absolute Gasteiger partial charge is 0.495 e. The molecule has 0 heterocycles. The molecule has 3 atom stereocenters. The van der Waals surface area contributed by atoms with Crippen LogP contribution in [0, 0.1) is 11.8 Å². The first-order valence-electron chi connectivity index (χ1n) is 8.33. The molecule has 2 bridgehead atoms. The zero-order chi connectivity index (χ0) is 14.9. The first-order valence-corrected chi connectivity index (χ1v) is 8.33. The SMILES string of the molecule is COc1ccc(-c2ccccc2)cc1N[C@@H]1C[C@H]2CC[C@@H]1C2. The second-order valence-electron chi connectivity index (χ2n) is 6.71. The van der Waals surface area contributed by atoms with E-state index in [0.717, 1.165) is 23.3 Å². The maximum absolute atomic E-state index is 5.56. The van der Waals surface area contributed by atoms with Gasteiger partial charge in [-0.15, -0.1) is 0 Å². The van der Waals surface area contributed by atoms with Gasteiger partial charge in [-0.25, -0.2) is 0 Å². The molecular formula is C20H23NO. The van der Waals surface area contributed by atoms with Crippen LogP contribution in [0.3, 0.4) is 0 Å². The Morgan fingerprint density at radius 1 is 0.955 bits per heavy atom. The van der Waals surface area contributed by atoms with Crippen LogP contribution in [0.25, 0.3) is 11.1 Å². The maximum atomic E-state index is 5.56. The molecule has 2 aromatic carbocycles. The van der Waals surface area contributed by atoms with Crippen LogP contribution in [0.15, 0.2) is 48.5 Å². The topological polar surface area (TPSA) is 21.3 Å². The molecule has 2 aliphatic rings. The van der Waals surface area contributed by atoms with Crippen LogP contribution >= 0.6 is 0 Å². The number of methoxy groups -OCH3 is 1. The standard InChI is InChI=1S/C20H23NO/c1-22-20-10-9-16(15-5-3-2-4-6-15)13-19(20)21-18-12-14-7-8-17(18)11-14/h2-6,9-10,13-14,17-18,21H,7-8,11-12H2,1H3/t14-,17+,18+/m0/s1. The van der Waals surface area contributed by atoms with Gasteiger partial charge in [0.05, 0.1) is 12.8 Å². The number of ether oxygens (including phenoxy) is 1. The third kappa shape index (κ3) is 2.47. The van der Waals surface area contributed by atoms with E-state index in [1.54, 1.807) is 7.11 Å². The summed E-state index contributed by atoms with van der Waals surface area (Å²) in [6.45, 7) is 0. The lowest BCUT2D eigenvalue weighted by Crippen LogP contribution is -2.26. The summed E-state index contributed by atoms with van der Waals surface area (Å²) in [5.41, 5.74) is 3.63. The summed E-state index contributed by atoms with van der Waals surface area (Å²) in [6.07, 6.45) is 5.56. The van der Waals surface area contributed by atoms with Crippen LogP contribution in [-0.4, -0.2) is 13.2 Å². The maximum Gasteiger partial charge on any atom is 0.141 e. The van der Waals surface area contributed by atoms with Gasteiger partial charge in [0.2, 0.25) is 0 Å². The number of anilines is 1. The molecule has 0 saturated heterocycles. The van der Waals surface area contributed by atoms with E-state index in [2.05, 4.69) is 53.8 Å². The fourth-order valence-electron chi connectivity index (χ4n) is 4.25. The Hall–Kier alpha value is -1.96. The smallest absolute Gasteiger partial charge is 0.141 e. The molecule has 0 spiro atoms. The van der Waals surface area contributed by atoms with Crippen molar-refractivity contribution in [2.45, 2.75) is 31.7 Å². The van der Waals surface area contributed by atoms with Crippen LogP contribution in [-0.2, 0) is 0 Å². The molecule has 2 fully saturated rings. The Balaban J connectivity index is 1.62. The summed E-state index contributed by atoms with van der Waals surface area (Å²) < 4.78 is 5.56. The zero-order valence-electron chi connectivity index (χ0n) is 13.1. The summed E-state index contributed by atoms with van der Waals surface area (Å²) in [5, 5.41) is 3.78. The predicted molar refractivity (Wildman–Crippen MR) is 91.3 cm³/mol. The van der Waals surface area contributed by atoms with Crippen molar-refractivity contribution in [1.82, 2.24) is 0 Å². The van der Waals surface area contributed by atoms with E-state index in [1.165, 1.54) is 36.8 Å². The van der Waals surface area contributed by atoms with Gasteiger partial charge in [0.25, 0.3) is 0 Å². The molecular weight excluding hydrogens is 270 g/mol. The van der Waals surface area contributed by atoms with Gasteiger partial charge in [-0.2, -0.15) is 0 Å². The second kappa shape index (κ2) is 5.68. The van der Waals surface area contributed by atoms with Gasteiger partial charge < -0.3 is 10.1 Å². The highest BCUT2D eigenvalue weighted by atomic mass is 16.5. The first-order chi connectivity index (χ1) is 10.8. The summed E-state index contributed by atoms with van der Waals surface area (Å²) in [4.78, 5) is 0. The normalized spacial score (nSPS) is 26.1. The minimum atomic E-state index is 0.624. The Morgan fingerprint density at radius 2 is 1.82 bits per heavy atom.